The van der Waals surface area contributed by atoms with Gasteiger partial charge in [-0.15, -0.1) is 0 Å². The molecule has 8 heteroatoms. The third-order valence-corrected chi connectivity index (χ3v) is 5.32. The Morgan fingerprint density at radius 1 is 1.03 bits per heavy atom. The second-order valence-electron chi connectivity index (χ2n) is 7.05. The molecule has 3 aromatic rings. The zero-order valence-corrected chi connectivity index (χ0v) is 16.6. The van der Waals surface area contributed by atoms with Crippen LogP contribution in [0.5, 0.6) is 17.2 Å². The van der Waals surface area contributed by atoms with Crippen LogP contribution < -0.4 is 25.2 Å². The molecular weight excluding hydrogens is 410 g/mol. The molecule has 3 heterocycles. The van der Waals surface area contributed by atoms with Gasteiger partial charge in [-0.25, -0.2) is 4.79 Å². The van der Waals surface area contributed by atoms with Gasteiger partial charge in [0, 0.05) is 16.8 Å². The molecule has 2 aliphatic heterocycles. The molecule has 30 heavy (non-hydrogen) atoms. The standard InChI is InChI=1S/C22H16ClNO6/c1-11-8-17-19(22(26)29-11)18(12-2-7-15-16(9-12)28-10-27-15)20(30-17)21(25)24-14-5-3-13(23)4-6-14/h2-9,18,20H,10H2,1H3,(H,24,25)/t18-,20-/m1/s1. The Balaban J connectivity index is 1.55. The van der Waals surface area contributed by atoms with Crippen LogP contribution in [0.3, 0.4) is 0 Å². The van der Waals surface area contributed by atoms with E-state index in [1.54, 1.807) is 55.5 Å². The maximum absolute atomic E-state index is 13.1. The van der Waals surface area contributed by atoms with E-state index in [4.69, 9.17) is 30.2 Å². The van der Waals surface area contributed by atoms with Gasteiger partial charge in [0.05, 0.1) is 11.5 Å². The molecule has 1 N–H and O–H groups in total. The van der Waals surface area contributed by atoms with Crippen LogP contribution in [-0.4, -0.2) is 18.8 Å². The van der Waals surface area contributed by atoms with E-state index in [1.165, 1.54) is 0 Å². The first-order valence-corrected chi connectivity index (χ1v) is 9.64. The second-order valence-corrected chi connectivity index (χ2v) is 7.48. The third-order valence-electron chi connectivity index (χ3n) is 5.07. The molecule has 0 saturated heterocycles. The highest BCUT2D eigenvalue weighted by Crippen LogP contribution is 2.44. The second kappa shape index (κ2) is 7.11. The maximum Gasteiger partial charge on any atom is 0.343 e. The summed E-state index contributed by atoms with van der Waals surface area (Å²) in [6.45, 7) is 1.78. The van der Waals surface area contributed by atoms with Gasteiger partial charge in [-0.1, -0.05) is 17.7 Å². The molecule has 5 rings (SSSR count). The summed E-state index contributed by atoms with van der Waals surface area (Å²) in [7, 11) is 0. The molecule has 7 nitrogen and oxygen atoms in total. The predicted octanol–water partition coefficient (Wildman–Crippen LogP) is 3.86. The van der Waals surface area contributed by atoms with E-state index in [1.807, 2.05) is 0 Å². The highest BCUT2D eigenvalue weighted by atomic mass is 35.5. The van der Waals surface area contributed by atoms with E-state index in [-0.39, 0.29) is 6.79 Å². The number of hydrogen-bond donors (Lipinski definition) is 1. The molecular formula is C22H16ClNO6. The van der Waals surface area contributed by atoms with Crippen LogP contribution in [-0.2, 0) is 4.79 Å². The lowest BCUT2D eigenvalue weighted by Crippen LogP contribution is -2.35. The van der Waals surface area contributed by atoms with E-state index in [0.717, 1.165) is 0 Å². The maximum atomic E-state index is 13.1. The van der Waals surface area contributed by atoms with E-state index >= 15 is 0 Å². The molecule has 0 fully saturated rings. The molecule has 0 spiro atoms. The monoisotopic (exact) mass is 425 g/mol. The fraction of sp³-hybridized carbons (Fsp3) is 0.182. The average Bonchev–Trinajstić information content (AvgIpc) is 3.33. The molecule has 2 atom stereocenters. The Morgan fingerprint density at radius 3 is 2.60 bits per heavy atom. The molecule has 1 aromatic heterocycles. The van der Waals surface area contributed by atoms with Gasteiger partial charge in [-0.3, -0.25) is 4.79 Å². The zero-order valence-electron chi connectivity index (χ0n) is 15.8. The zero-order chi connectivity index (χ0) is 20.8. The predicted molar refractivity (Wildman–Crippen MR) is 109 cm³/mol. The Kier molecular flexibility index (Phi) is 4.40. The third kappa shape index (κ3) is 3.17. The van der Waals surface area contributed by atoms with Crippen molar-refractivity contribution in [2.75, 3.05) is 12.1 Å². The van der Waals surface area contributed by atoms with Gasteiger partial charge in [-0.05, 0) is 48.9 Å². The van der Waals surface area contributed by atoms with E-state index in [9.17, 15) is 9.59 Å². The lowest BCUT2D eigenvalue weighted by atomic mass is 9.88. The van der Waals surface area contributed by atoms with Crippen LogP contribution >= 0.6 is 11.6 Å². The lowest BCUT2D eigenvalue weighted by molar-refractivity contribution is -0.122. The van der Waals surface area contributed by atoms with Crippen molar-refractivity contribution >= 4 is 23.2 Å². The minimum atomic E-state index is -0.972. The minimum absolute atomic E-state index is 0.123. The molecule has 152 valence electrons. The van der Waals surface area contributed by atoms with Gasteiger partial charge in [0.2, 0.25) is 6.79 Å². The van der Waals surface area contributed by atoms with Gasteiger partial charge in [0.15, 0.2) is 17.6 Å². The molecule has 0 unspecified atom stereocenters. The molecule has 0 radical (unpaired) electrons. The van der Waals surface area contributed by atoms with Crippen LogP contribution in [0.2, 0.25) is 5.02 Å². The number of fused-ring (bicyclic) bond motifs is 2. The smallest absolute Gasteiger partial charge is 0.343 e. The highest BCUT2D eigenvalue weighted by molar-refractivity contribution is 6.30. The normalized spacial score (nSPS) is 18.6. The number of rotatable bonds is 3. The first-order valence-electron chi connectivity index (χ1n) is 9.27. The largest absolute Gasteiger partial charge is 0.479 e. The number of amides is 1. The summed E-state index contributed by atoms with van der Waals surface area (Å²) < 4.78 is 22.1. The van der Waals surface area contributed by atoms with Crippen molar-refractivity contribution in [1.29, 1.82) is 0 Å². The average molecular weight is 426 g/mol. The van der Waals surface area contributed by atoms with Gasteiger partial charge >= 0.3 is 5.63 Å². The Hall–Kier alpha value is -3.45. The topological polar surface area (TPSA) is 87.0 Å². The van der Waals surface area contributed by atoms with Gasteiger partial charge in [0.1, 0.15) is 11.5 Å². The molecule has 2 aliphatic rings. The summed E-state index contributed by atoms with van der Waals surface area (Å²) in [6, 6.07) is 13.6. The van der Waals surface area contributed by atoms with E-state index in [2.05, 4.69) is 5.32 Å². The summed E-state index contributed by atoms with van der Waals surface area (Å²) in [5.74, 6) is 0.835. The van der Waals surface area contributed by atoms with Gasteiger partial charge < -0.3 is 23.9 Å². The molecule has 2 aromatic carbocycles. The van der Waals surface area contributed by atoms with Gasteiger partial charge in [-0.2, -0.15) is 0 Å². The van der Waals surface area contributed by atoms with Crippen molar-refractivity contribution in [2.24, 2.45) is 0 Å². The number of carbonyl (C=O) groups is 1. The van der Waals surface area contributed by atoms with Crippen molar-refractivity contribution in [3.63, 3.8) is 0 Å². The van der Waals surface area contributed by atoms with Crippen LogP contribution in [0, 0.1) is 6.92 Å². The van der Waals surface area contributed by atoms with Crippen molar-refractivity contribution < 1.29 is 23.4 Å². The minimum Gasteiger partial charge on any atom is -0.479 e. The Morgan fingerprint density at radius 2 is 1.80 bits per heavy atom. The summed E-state index contributed by atoms with van der Waals surface area (Å²) in [5.41, 5.74) is 1.02. The molecule has 0 saturated carbocycles. The van der Waals surface area contributed by atoms with E-state index < -0.39 is 23.6 Å². The SMILES string of the molecule is Cc1cc2c(c(=O)o1)[C@@H](c1ccc3c(c1)OCO3)[C@H](C(=O)Nc1ccc(Cl)cc1)O2. The summed E-state index contributed by atoms with van der Waals surface area (Å²) in [5, 5.41) is 3.38. The Labute approximate surface area is 176 Å². The first-order chi connectivity index (χ1) is 14.5. The number of anilines is 1. The van der Waals surface area contributed by atoms with Crippen LogP contribution in [0.15, 0.2) is 57.7 Å². The summed E-state index contributed by atoms with van der Waals surface area (Å²) in [4.78, 5) is 25.8. The number of aryl methyl sites for hydroxylation is 1. The number of hydrogen-bond acceptors (Lipinski definition) is 6. The van der Waals surface area contributed by atoms with Gasteiger partial charge in [0.25, 0.3) is 5.91 Å². The van der Waals surface area contributed by atoms with Crippen molar-refractivity contribution in [2.45, 2.75) is 18.9 Å². The molecule has 1 amide bonds. The lowest BCUT2D eigenvalue weighted by Gasteiger charge is -2.19. The van der Waals surface area contributed by atoms with Crippen LogP contribution in [0.1, 0.15) is 22.8 Å². The molecule has 0 bridgehead atoms. The number of halogens is 1. The quantitative estimate of drug-likeness (QED) is 0.685. The summed E-state index contributed by atoms with van der Waals surface area (Å²) in [6.07, 6.45) is -0.972. The molecule has 0 aliphatic carbocycles. The van der Waals surface area contributed by atoms with Crippen LogP contribution in [0.25, 0.3) is 0 Å². The highest BCUT2D eigenvalue weighted by Gasteiger charge is 2.43. The van der Waals surface area contributed by atoms with Crippen molar-refractivity contribution in [3.05, 3.63) is 80.9 Å². The first kappa shape index (κ1) is 18.6. The van der Waals surface area contributed by atoms with Crippen molar-refractivity contribution in [1.82, 2.24) is 0 Å². The van der Waals surface area contributed by atoms with E-state index in [0.29, 0.717) is 44.8 Å². The number of ether oxygens (including phenoxy) is 3. The fourth-order valence-electron chi connectivity index (χ4n) is 3.73. The van der Waals surface area contributed by atoms with Crippen LogP contribution in [0.4, 0.5) is 5.69 Å². The summed E-state index contributed by atoms with van der Waals surface area (Å²) >= 11 is 5.91. The fourth-order valence-corrected chi connectivity index (χ4v) is 3.85. The number of carbonyl (C=O) groups excluding carboxylic acids is 1. The Bertz CT molecular complexity index is 1200. The number of benzene rings is 2. The van der Waals surface area contributed by atoms with Crippen molar-refractivity contribution in [3.8, 4) is 17.2 Å². The number of nitrogens with one attached hydrogen (secondary N) is 1.